The van der Waals surface area contributed by atoms with E-state index in [1.54, 1.807) is 11.8 Å². The van der Waals surface area contributed by atoms with Crippen LogP contribution in [0.15, 0.2) is 0 Å². The van der Waals surface area contributed by atoms with Gasteiger partial charge < -0.3 is 24.9 Å². The van der Waals surface area contributed by atoms with Crippen molar-refractivity contribution in [2.24, 2.45) is 0 Å². The van der Waals surface area contributed by atoms with Gasteiger partial charge in [0.05, 0.1) is 11.7 Å². The molecule has 0 fully saturated rings. The molecule has 1 atom stereocenters. The van der Waals surface area contributed by atoms with Crippen LogP contribution in [0.25, 0.3) is 0 Å². The minimum absolute atomic E-state index is 0.174. The van der Waals surface area contributed by atoms with Gasteiger partial charge in [-0.2, -0.15) is 11.8 Å². The van der Waals surface area contributed by atoms with Gasteiger partial charge >= 0.3 is 7.12 Å². The number of aliphatic carboxylic acids is 1. The standard InChI is InChI=1S/C13H28BNO4S/c1-3-5-8-18-14(19-9-6-4-2)7-10-20-11-12(15)13(16)17/h12H,3-11,15H2,1-2H3,(H,16,17). The van der Waals surface area contributed by atoms with E-state index in [9.17, 15) is 9.90 Å². The molecule has 20 heavy (non-hydrogen) atoms. The number of carboxylic acid groups (broad SMARTS) is 1. The van der Waals surface area contributed by atoms with Crippen LogP contribution in [0.4, 0.5) is 0 Å². The lowest BCUT2D eigenvalue weighted by molar-refractivity contribution is -0.431. The van der Waals surface area contributed by atoms with E-state index >= 15 is 0 Å². The number of carbonyl (C=O) groups excluding carboxylic acids is 1. The average Bonchev–Trinajstić information content (AvgIpc) is 2.42. The molecule has 0 aromatic heterocycles. The van der Waals surface area contributed by atoms with Gasteiger partial charge in [-0.1, -0.05) is 26.7 Å². The molecule has 0 saturated carbocycles. The Bertz CT molecular complexity index is 236. The summed E-state index contributed by atoms with van der Waals surface area (Å²) in [6, 6.07) is -0.652. The molecule has 118 valence electrons. The van der Waals surface area contributed by atoms with Crippen LogP contribution in [0.1, 0.15) is 39.5 Å². The van der Waals surface area contributed by atoms with E-state index in [-0.39, 0.29) is 7.12 Å². The summed E-state index contributed by atoms with van der Waals surface area (Å²) < 4.78 is 11.4. The van der Waals surface area contributed by atoms with Gasteiger partial charge in [0.1, 0.15) is 6.04 Å². The topological polar surface area (TPSA) is 86.2 Å². The van der Waals surface area contributed by atoms with Crippen molar-refractivity contribution in [1.82, 2.24) is 0 Å². The van der Waals surface area contributed by atoms with Crippen LogP contribution in [0, 0.1) is 0 Å². The number of thioether (sulfide) groups is 1. The number of hydrogen-bond acceptors (Lipinski definition) is 5. The maximum Gasteiger partial charge on any atom is 0.457 e. The lowest BCUT2D eigenvalue weighted by Gasteiger charge is -2.15. The van der Waals surface area contributed by atoms with Crippen LogP contribution in [-0.4, -0.2) is 43.8 Å². The fourth-order valence-corrected chi connectivity index (χ4v) is 2.35. The first kappa shape index (κ1) is 19.8. The molecule has 0 amide bonds. The van der Waals surface area contributed by atoms with E-state index in [1.807, 2.05) is 0 Å². The van der Waals surface area contributed by atoms with Crippen molar-refractivity contribution in [3.05, 3.63) is 0 Å². The largest absolute Gasteiger partial charge is 0.544 e. The van der Waals surface area contributed by atoms with Gasteiger partial charge in [0, 0.05) is 13.2 Å². The van der Waals surface area contributed by atoms with Crippen molar-refractivity contribution in [3.8, 4) is 0 Å². The summed E-state index contributed by atoms with van der Waals surface area (Å²) in [6.45, 7) is 5.69. The van der Waals surface area contributed by atoms with Crippen LogP contribution in [0.2, 0.25) is 6.32 Å². The predicted molar refractivity (Wildman–Crippen MR) is 81.3 cm³/mol. The Morgan fingerprint density at radius 1 is 1.25 bits per heavy atom. The molecular weight excluding hydrogens is 277 g/mol. The summed E-state index contributed by atoms with van der Waals surface area (Å²) in [5, 5.41) is 10.5. The molecule has 0 aliphatic heterocycles. The quantitative estimate of drug-likeness (QED) is 0.366. The number of carboxylic acids is 1. The monoisotopic (exact) mass is 305 g/mol. The van der Waals surface area contributed by atoms with Gasteiger partial charge in [-0.25, -0.2) is 0 Å². The second-order valence-electron chi connectivity index (χ2n) is 4.76. The molecule has 5 nitrogen and oxygen atoms in total. The highest BCUT2D eigenvalue weighted by molar-refractivity contribution is 7.99. The summed E-state index contributed by atoms with van der Waals surface area (Å²) in [6.07, 6.45) is 5.05. The zero-order valence-electron chi connectivity index (χ0n) is 12.8. The summed E-state index contributed by atoms with van der Waals surface area (Å²) in [7, 11) is -0.174. The third-order valence-corrected chi connectivity index (χ3v) is 3.92. The molecular formula is C13H28BNO4S. The van der Waals surface area contributed by atoms with Crippen LogP contribution in [0.5, 0.6) is 0 Å². The molecule has 0 heterocycles. The minimum atomic E-state index is -1.09. The Labute approximate surface area is 127 Å². The van der Waals surface area contributed by atoms with E-state index in [0.717, 1.165) is 51.0 Å². The summed E-state index contributed by atoms with van der Waals surface area (Å²) in [5.41, 5.74) is 3.53. The lowest BCUT2D eigenvalue weighted by atomic mass is 9.85. The van der Waals surface area contributed by atoms with Crippen LogP contribution < -0.4 is 10.8 Å². The molecule has 0 saturated heterocycles. The molecule has 7 heteroatoms. The van der Waals surface area contributed by atoms with Gasteiger partial charge in [0.2, 0.25) is 0 Å². The highest BCUT2D eigenvalue weighted by atomic mass is 32.2. The van der Waals surface area contributed by atoms with E-state index < -0.39 is 12.0 Å². The van der Waals surface area contributed by atoms with Gasteiger partial charge in [-0.3, -0.25) is 0 Å². The van der Waals surface area contributed by atoms with Crippen LogP contribution >= 0.6 is 11.8 Å². The average molecular weight is 305 g/mol. The van der Waals surface area contributed by atoms with Gasteiger partial charge in [0.25, 0.3) is 0 Å². The minimum Gasteiger partial charge on any atom is -0.544 e. The van der Waals surface area contributed by atoms with Gasteiger partial charge in [-0.05, 0) is 24.9 Å². The molecule has 1 unspecified atom stereocenters. The Kier molecular flexibility index (Phi) is 13.6. The first-order valence-electron chi connectivity index (χ1n) is 7.46. The van der Waals surface area contributed by atoms with Gasteiger partial charge in [0.15, 0.2) is 0 Å². The molecule has 0 spiro atoms. The molecule has 0 bridgehead atoms. The number of hydrogen-bond donors (Lipinski definition) is 1. The fourth-order valence-electron chi connectivity index (χ4n) is 1.41. The van der Waals surface area contributed by atoms with Crippen molar-refractivity contribution in [2.75, 3.05) is 24.7 Å². The van der Waals surface area contributed by atoms with Crippen LogP contribution in [-0.2, 0) is 14.1 Å². The molecule has 0 aromatic rings. The summed E-state index contributed by atoms with van der Waals surface area (Å²) >= 11 is 1.55. The molecule has 0 rings (SSSR count). The van der Waals surface area contributed by atoms with E-state index in [0.29, 0.717) is 5.75 Å². The summed E-state index contributed by atoms with van der Waals surface area (Å²) in [4.78, 5) is 10.5. The van der Waals surface area contributed by atoms with Crippen molar-refractivity contribution in [1.29, 1.82) is 0 Å². The molecule has 3 N–H and O–H groups in total. The number of carbonyl (C=O) groups is 1. The first-order chi connectivity index (χ1) is 9.61. The summed E-state index contributed by atoms with van der Waals surface area (Å²) in [5.74, 6) is 0.189. The van der Waals surface area contributed by atoms with Crippen molar-refractivity contribution in [3.63, 3.8) is 0 Å². The molecule has 0 aromatic carbocycles. The Morgan fingerprint density at radius 3 is 2.25 bits per heavy atom. The fraction of sp³-hybridized carbons (Fsp3) is 0.923. The zero-order chi connectivity index (χ0) is 15.2. The van der Waals surface area contributed by atoms with E-state index in [2.05, 4.69) is 19.6 Å². The number of quaternary nitrogens is 1. The maximum absolute atomic E-state index is 10.5. The Morgan fingerprint density at radius 2 is 1.80 bits per heavy atom. The molecule has 0 aliphatic rings. The van der Waals surface area contributed by atoms with Gasteiger partial charge in [-0.15, -0.1) is 0 Å². The van der Waals surface area contributed by atoms with E-state index in [4.69, 9.17) is 9.31 Å². The third kappa shape index (κ3) is 11.6. The number of unbranched alkanes of at least 4 members (excludes halogenated alkanes) is 2. The molecule has 0 aliphatic carbocycles. The maximum atomic E-state index is 10.5. The van der Waals surface area contributed by atoms with Crippen molar-refractivity contribution < 1.29 is 24.9 Å². The van der Waals surface area contributed by atoms with Crippen molar-refractivity contribution >= 4 is 24.8 Å². The first-order valence-corrected chi connectivity index (χ1v) is 8.62. The predicted octanol–water partition coefficient (Wildman–Crippen LogP) is 0.202. The normalized spacial score (nSPS) is 12.3. The zero-order valence-corrected chi connectivity index (χ0v) is 13.6. The Hall–Kier alpha value is -0.235. The van der Waals surface area contributed by atoms with Crippen molar-refractivity contribution in [2.45, 2.75) is 51.9 Å². The second kappa shape index (κ2) is 13.7. The third-order valence-electron chi connectivity index (χ3n) is 2.75. The SMILES string of the molecule is CCCCOB(CCSCC([NH3+])C(=O)[O-])OCCCC. The highest BCUT2D eigenvalue weighted by Gasteiger charge is 2.18. The van der Waals surface area contributed by atoms with E-state index in [1.165, 1.54) is 0 Å². The lowest BCUT2D eigenvalue weighted by Crippen LogP contribution is -2.69. The Balaban J connectivity index is 3.79. The second-order valence-corrected chi connectivity index (χ2v) is 5.91. The van der Waals surface area contributed by atoms with Crippen LogP contribution in [0.3, 0.4) is 0 Å². The number of rotatable bonds is 14. The smallest absolute Gasteiger partial charge is 0.457 e. The highest BCUT2D eigenvalue weighted by Crippen LogP contribution is 2.09. The molecule has 0 radical (unpaired) electrons.